The predicted molar refractivity (Wildman–Crippen MR) is 135 cm³/mol. The number of ether oxygens (including phenoxy) is 1. The Labute approximate surface area is 207 Å². The van der Waals surface area contributed by atoms with E-state index >= 15 is 0 Å². The Kier molecular flexibility index (Phi) is 8.90. The molecule has 35 heavy (non-hydrogen) atoms. The molecule has 188 valence electrons. The van der Waals surface area contributed by atoms with Gasteiger partial charge < -0.3 is 20.5 Å². The van der Waals surface area contributed by atoms with E-state index in [1.165, 1.54) is 0 Å². The van der Waals surface area contributed by atoms with Crippen LogP contribution >= 0.6 is 0 Å². The molecule has 0 spiro atoms. The second-order valence-electron chi connectivity index (χ2n) is 9.68. The molecular formula is C28H36N2O5. The van der Waals surface area contributed by atoms with Crippen molar-refractivity contribution in [2.24, 2.45) is 17.8 Å². The van der Waals surface area contributed by atoms with E-state index in [0.717, 1.165) is 22.3 Å². The van der Waals surface area contributed by atoms with Gasteiger partial charge in [-0.05, 0) is 40.0 Å². The Hall–Kier alpha value is -3.35. The van der Waals surface area contributed by atoms with Gasteiger partial charge in [-0.25, -0.2) is 4.79 Å². The highest BCUT2D eigenvalue weighted by molar-refractivity contribution is 5.86. The molecule has 3 N–H and O–H groups in total. The van der Waals surface area contributed by atoms with Gasteiger partial charge in [-0.1, -0.05) is 82.6 Å². The van der Waals surface area contributed by atoms with E-state index in [1.54, 1.807) is 0 Å². The molecule has 2 aromatic rings. The number of hydrogen-bond acceptors (Lipinski definition) is 4. The van der Waals surface area contributed by atoms with E-state index in [1.807, 2.05) is 52.0 Å². The molecule has 0 saturated heterocycles. The number of carbonyl (C=O) groups is 3. The van der Waals surface area contributed by atoms with Gasteiger partial charge in [-0.2, -0.15) is 0 Å². The lowest BCUT2D eigenvalue weighted by atomic mass is 9.92. The quantitative estimate of drug-likeness (QED) is 0.428. The zero-order chi connectivity index (χ0) is 25.5. The average Bonchev–Trinajstić information content (AvgIpc) is 3.16. The Morgan fingerprint density at radius 3 is 2.06 bits per heavy atom. The number of hydrogen-bond donors (Lipinski definition) is 3. The minimum absolute atomic E-state index is 0.0221. The van der Waals surface area contributed by atoms with Gasteiger partial charge in [0, 0.05) is 12.5 Å². The third-order valence-electron chi connectivity index (χ3n) is 7.03. The van der Waals surface area contributed by atoms with Crippen LogP contribution in [0.2, 0.25) is 0 Å². The zero-order valence-electron chi connectivity index (χ0n) is 20.9. The second kappa shape index (κ2) is 11.9. The topological polar surface area (TPSA) is 105 Å². The van der Waals surface area contributed by atoms with Crippen LogP contribution in [0.5, 0.6) is 0 Å². The number of aliphatic carboxylic acids is 1. The average molecular weight is 481 g/mol. The lowest BCUT2D eigenvalue weighted by Crippen LogP contribution is -2.51. The molecular weight excluding hydrogens is 444 g/mol. The van der Waals surface area contributed by atoms with Crippen LogP contribution in [0.1, 0.15) is 57.6 Å². The van der Waals surface area contributed by atoms with Crippen LogP contribution in [-0.4, -0.2) is 42.3 Å². The molecule has 3 rings (SSSR count). The number of amides is 2. The summed E-state index contributed by atoms with van der Waals surface area (Å²) < 4.78 is 5.62. The molecule has 2 amide bonds. The van der Waals surface area contributed by atoms with Crippen molar-refractivity contribution in [1.82, 2.24) is 10.6 Å². The molecule has 0 aromatic heterocycles. The van der Waals surface area contributed by atoms with E-state index in [-0.39, 0.29) is 49.2 Å². The van der Waals surface area contributed by atoms with E-state index in [4.69, 9.17) is 9.84 Å². The maximum Gasteiger partial charge on any atom is 0.407 e. The molecule has 0 bridgehead atoms. The van der Waals surface area contributed by atoms with E-state index in [2.05, 4.69) is 34.9 Å². The lowest BCUT2D eigenvalue weighted by Gasteiger charge is -2.26. The molecule has 1 aliphatic carbocycles. The van der Waals surface area contributed by atoms with E-state index < -0.39 is 18.1 Å². The fourth-order valence-corrected chi connectivity index (χ4v) is 4.58. The summed E-state index contributed by atoms with van der Waals surface area (Å²) in [4.78, 5) is 36.9. The second-order valence-corrected chi connectivity index (χ2v) is 9.68. The van der Waals surface area contributed by atoms with E-state index in [0.29, 0.717) is 6.42 Å². The van der Waals surface area contributed by atoms with Gasteiger partial charge in [0.2, 0.25) is 5.91 Å². The van der Waals surface area contributed by atoms with Crippen LogP contribution < -0.4 is 10.6 Å². The Bertz CT molecular complexity index is 1010. The Balaban J connectivity index is 1.63. The number of carbonyl (C=O) groups excluding carboxylic acids is 2. The van der Waals surface area contributed by atoms with Gasteiger partial charge in [0.05, 0.1) is 6.42 Å². The maximum absolute atomic E-state index is 13.0. The molecule has 0 saturated carbocycles. The first-order chi connectivity index (χ1) is 16.7. The van der Waals surface area contributed by atoms with Crippen LogP contribution in [0.25, 0.3) is 11.1 Å². The van der Waals surface area contributed by atoms with Crippen molar-refractivity contribution in [2.45, 2.75) is 52.5 Å². The van der Waals surface area contributed by atoms with Gasteiger partial charge in [0.15, 0.2) is 0 Å². The molecule has 0 radical (unpaired) electrons. The van der Waals surface area contributed by atoms with Crippen molar-refractivity contribution >= 4 is 18.0 Å². The first-order valence-corrected chi connectivity index (χ1v) is 12.3. The van der Waals surface area contributed by atoms with Crippen molar-refractivity contribution in [2.75, 3.05) is 13.2 Å². The van der Waals surface area contributed by atoms with E-state index in [9.17, 15) is 14.4 Å². The highest BCUT2D eigenvalue weighted by Gasteiger charge is 2.31. The molecule has 7 heteroatoms. The number of benzene rings is 2. The van der Waals surface area contributed by atoms with Crippen molar-refractivity contribution in [3.63, 3.8) is 0 Å². The summed E-state index contributed by atoms with van der Waals surface area (Å²) in [5, 5.41) is 14.7. The Morgan fingerprint density at radius 2 is 1.54 bits per heavy atom. The summed E-state index contributed by atoms with van der Waals surface area (Å²) in [5.74, 6) is -1.50. The van der Waals surface area contributed by atoms with Crippen LogP contribution in [0.15, 0.2) is 48.5 Å². The van der Waals surface area contributed by atoms with Gasteiger partial charge in [0.25, 0.3) is 0 Å². The van der Waals surface area contributed by atoms with Crippen molar-refractivity contribution in [1.29, 1.82) is 0 Å². The molecule has 0 fully saturated rings. The molecule has 3 unspecified atom stereocenters. The van der Waals surface area contributed by atoms with Gasteiger partial charge in [-0.15, -0.1) is 0 Å². The summed E-state index contributed by atoms with van der Waals surface area (Å²) in [5.41, 5.74) is 4.54. The molecule has 1 aliphatic rings. The molecule has 2 aromatic carbocycles. The monoisotopic (exact) mass is 480 g/mol. The fraction of sp³-hybridized carbons (Fsp3) is 0.464. The molecule has 7 nitrogen and oxygen atoms in total. The summed E-state index contributed by atoms with van der Waals surface area (Å²) in [6.45, 7) is 8.11. The van der Waals surface area contributed by atoms with Crippen molar-refractivity contribution in [3.8, 4) is 11.1 Å². The van der Waals surface area contributed by atoms with Crippen molar-refractivity contribution in [3.05, 3.63) is 59.7 Å². The highest BCUT2D eigenvalue weighted by atomic mass is 16.5. The number of alkyl carbamates (subject to hydrolysis) is 1. The summed E-state index contributed by atoms with van der Waals surface area (Å²) in [6, 6.07) is 15.5. The zero-order valence-corrected chi connectivity index (χ0v) is 20.9. The Morgan fingerprint density at radius 1 is 0.971 bits per heavy atom. The third-order valence-corrected chi connectivity index (χ3v) is 7.03. The smallest absolute Gasteiger partial charge is 0.407 e. The van der Waals surface area contributed by atoms with Crippen LogP contribution in [0.4, 0.5) is 4.79 Å². The first kappa shape index (κ1) is 26.3. The number of fused-ring (bicyclic) bond motifs is 3. The molecule has 0 aliphatic heterocycles. The number of carboxylic acids is 1. The molecule has 3 atom stereocenters. The minimum Gasteiger partial charge on any atom is -0.481 e. The van der Waals surface area contributed by atoms with Gasteiger partial charge in [-0.3, -0.25) is 9.59 Å². The van der Waals surface area contributed by atoms with Crippen LogP contribution in [-0.2, 0) is 14.3 Å². The minimum atomic E-state index is -0.895. The maximum atomic E-state index is 13.0. The van der Waals surface area contributed by atoms with Gasteiger partial charge >= 0.3 is 12.1 Å². The standard InChI is InChI=1S/C28H36N2O5/c1-5-18(4)26(27(33)29-15-19(17(2)3)14-25(31)32)30-28(34)35-16-24-22-12-8-6-10-20(22)21-11-7-9-13-23(21)24/h6-13,17-19,24,26H,5,14-16H2,1-4H3,(H,29,33)(H,30,34)(H,31,32). The van der Waals surface area contributed by atoms with Gasteiger partial charge in [0.1, 0.15) is 12.6 Å². The number of carboxylic acid groups (broad SMARTS) is 1. The largest absolute Gasteiger partial charge is 0.481 e. The molecule has 0 heterocycles. The highest BCUT2D eigenvalue weighted by Crippen LogP contribution is 2.44. The fourth-order valence-electron chi connectivity index (χ4n) is 4.58. The predicted octanol–water partition coefficient (Wildman–Crippen LogP) is 4.80. The normalized spacial score (nSPS) is 15.0. The third kappa shape index (κ3) is 6.41. The van der Waals surface area contributed by atoms with Crippen molar-refractivity contribution < 1.29 is 24.2 Å². The summed E-state index contributed by atoms with van der Waals surface area (Å²) >= 11 is 0. The SMILES string of the molecule is CCC(C)C(NC(=O)OCC1c2ccccc2-c2ccccc21)C(=O)NCC(CC(=O)O)C(C)C. The summed E-state index contributed by atoms with van der Waals surface area (Å²) in [7, 11) is 0. The van der Waals surface area contributed by atoms with Crippen LogP contribution in [0, 0.1) is 17.8 Å². The first-order valence-electron chi connectivity index (χ1n) is 12.3. The lowest BCUT2D eigenvalue weighted by molar-refractivity contribution is -0.138. The summed E-state index contributed by atoms with van der Waals surface area (Å²) in [6.07, 6.45) is 0.0224. The van der Waals surface area contributed by atoms with Crippen LogP contribution in [0.3, 0.4) is 0 Å². The number of rotatable bonds is 11. The number of nitrogens with one attached hydrogen (secondary N) is 2.